The first-order valence-electron chi connectivity index (χ1n) is 11.2. The quantitative estimate of drug-likeness (QED) is 0.343. The van der Waals surface area contributed by atoms with Crippen molar-refractivity contribution in [3.63, 3.8) is 0 Å². The molecule has 4 aromatic rings. The molecule has 0 spiro atoms. The summed E-state index contributed by atoms with van der Waals surface area (Å²) < 4.78 is 20.2. The number of aryl methyl sites for hydroxylation is 2. The minimum Gasteiger partial charge on any atom is -0.472 e. The van der Waals surface area contributed by atoms with Crippen LogP contribution in [0.25, 0.3) is 16.9 Å². The molecule has 0 saturated carbocycles. The summed E-state index contributed by atoms with van der Waals surface area (Å²) in [5.74, 6) is 0.856. The topological polar surface area (TPSA) is 69.9 Å². The van der Waals surface area contributed by atoms with Gasteiger partial charge in [-0.3, -0.25) is 9.36 Å². The summed E-state index contributed by atoms with van der Waals surface area (Å²) in [6.07, 6.45) is 1.82. The van der Waals surface area contributed by atoms with E-state index in [0.717, 1.165) is 28.2 Å². The molecule has 0 radical (unpaired) electrons. The number of ether oxygens (including phenoxy) is 1. The fraction of sp³-hybridized carbons (Fsp3) is 0.259. The summed E-state index contributed by atoms with van der Waals surface area (Å²) in [5.41, 5.74) is 3.28. The molecule has 35 heavy (non-hydrogen) atoms. The van der Waals surface area contributed by atoms with Crippen molar-refractivity contribution in [1.29, 1.82) is 0 Å². The Morgan fingerprint density at radius 3 is 2.46 bits per heavy atom. The Labute approximate surface area is 208 Å². The van der Waals surface area contributed by atoms with E-state index in [-0.39, 0.29) is 28.7 Å². The molecule has 2 aromatic carbocycles. The average Bonchev–Trinajstić information content (AvgIpc) is 2.81. The van der Waals surface area contributed by atoms with E-state index in [1.165, 1.54) is 16.7 Å². The number of rotatable bonds is 5. The molecule has 6 nitrogen and oxygen atoms in total. The molecule has 2 heterocycles. The fourth-order valence-electron chi connectivity index (χ4n) is 3.60. The van der Waals surface area contributed by atoms with Gasteiger partial charge in [0.25, 0.3) is 5.56 Å². The van der Waals surface area contributed by atoms with Crippen LogP contribution in [0.3, 0.4) is 0 Å². The lowest BCUT2D eigenvalue weighted by atomic mass is 9.95. The summed E-state index contributed by atoms with van der Waals surface area (Å²) in [4.78, 5) is 26.9. The van der Waals surface area contributed by atoms with Crippen molar-refractivity contribution in [3.8, 4) is 22.8 Å². The number of halogens is 2. The number of hydrogen-bond acceptors (Lipinski definition) is 5. The average molecular weight is 493 g/mol. The van der Waals surface area contributed by atoms with Crippen LogP contribution in [0.1, 0.15) is 43.5 Å². The molecule has 180 valence electrons. The number of benzene rings is 2. The van der Waals surface area contributed by atoms with Crippen LogP contribution in [0.2, 0.25) is 5.02 Å². The van der Waals surface area contributed by atoms with Crippen LogP contribution >= 0.6 is 11.6 Å². The van der Waals surface area contributed by atoms with Crippen LogP contribution in [0.5, 0.6) is 5.88 Å². The van der Waals surface area contributed by atoms with Crippen molar-refractivity contribution in [2.75, 3.05) is 0 Å². The minimum absolute atomic E-state index is 0.0346. The first-order chi connectivity index (χ1) is 16.5. The third kappa shape index (κ3) is 5.25. The highest BCUT2D eigenvalue weighted by Gasteiger charge is 2.20. The highest BCUT2D eigenvalue weighted by molar-refractivity contribution is 6.31. The molecule has 0 unspecified atom stereocenters. The molecule has 0 aliphatic heterocycles. The first kappa shape index (κ1) is 24.5. The van der Waals surface area contributed by atoms with E-state index in [0.29, 0.717) is 11.5 Å². The van der Waals surface area contributed by atoms with Crippen LogP contribution in [-0.2, 0) is 12.0 Å². The predicted molar refractivity (Wildman–Crippen MR) is 135 cm³/mol. The lowest BCUT2D eigenvalue weighted by molar-refractivity contribution is 0.291. The van der Waals surface area contributed by atoms with Gasteiger partial charge >= 0.3 is 0 Å². The molecule has 0 fully saturated rings. The molecule has 0 aliphatic carbocycles. The van der Waals surface area contributed by atoms with Gasteiger partial charge in [0.2, 0.25) is 5.88 Å². The highest BCUT2D eigenvalue weighted by Crippen LogP contribution is 2.27. The Kier molecular flexibility index (Phi) is 6.72. The Balaban J connectivity index is 1.70. The normalized spacial score (nSPS) is 11.5. The van der Waals surface area contributed by atoms with E-state index in [4.69, 9.17) is 21.3 Å². The Hall–Kier alpha value is -3.58. The van der Waals surface area contributed by atoms with Gasteiger partial charge in [0, 0.05) is 17.2 Å². The summed E-state index contributed by atoms with van der Waals surface area (Å²) in [6, 6.07) is 13.4. The van der Waals surface area contributed by atoms with Crippen LogP contribution < -0.4 is 10.3 Å². The second-order valence-corrected chi connectivity index (χ2v) is 9.74. The van der Waals surface area contributed by atoms with Gasteiger partial charge in [-0.25, -0.2) is 14.4 Å². The van der Waals surface area contributed by atoms with Gasteiger partial charge in [0.1, 0.15) is 24.1 Å². The standard InChI is InChI=1S/C27H26ClFN4O2/c1-16-14-30-26(27(3,4)5)32-23(16)19-7-6-8-21(13-19)33-17(2)31-24(22(28)25(33)34)35-15-18-9-11-20(29)12-10-18/h6-14H,15H2,1-5H3. The van der Waals surface area contributed by atoms with Crippen molar-refractivity contribution >= 4 is 11.6 Å². The lowest BCUT2D eigenvalue weighted by Gasteiger charge is -2.18. The predicted octanol–water partition coefficient (Wildman–Crippen LogP) is 5.98. The summed E-state index contributed by atoms with van der Waals surface area (Å²) >= 11 is 6.36. The zero-order valence-corrected chi connectivity index (χ0v) is 21.0. The molecule has 0 aliphatic rings. The first-order valence-corrected chi connectivity index (χ1v) is 11.5. The zero-order valence-electron chi connectivity index (χ0n) is 20.3. The molecule has 4 rings (SSSR count). The van der Waals surface area contributed by atoms with Crippen molar-refractivity contribution in [2.45, 2.75) is 46.6 Å². The lowest BCUT2D eigenvalue weighted by Crippen LogP contribution is -2.23. The van der Waals surface area contributed by atoms with E-state index < -0.39 is 5.56 Å². The highest BCUT2D eigenvalue weighted by atomic mass is 35.5. The molecule has 0 N–H and O–H groups in total. The van der Waals surface area contributed by atoms with Crippen molar-refractivity contribution < 1.29 is 9.13 Å². The molecule has 2 aromatic heterocycles. The minimum atomic E-state index is -0.444. The van der Waals surface area contributed by atoms with E-state index in [1.807, 2.05) is 37.4 Å². The van der Waals surface area contributed by atoms with Crippen molar-refractivity contribution in [3.05, 3.63) is 98.7 Å². The summed E-state index contributed by atoms with van der Waals surface area (Å²) in [5, 5.41) is -0.128. The van der Waals surface area contributed by atoms with Gasteiger partial charge in [0.05, 0.1) is 11.4 Å². The van der Waals surface area contributed by atoms with E-state index in [9.17, 15) is 9.18 Å². The molecule has 8 heteroatoms. The van der Waals surface area contributed by atoms with Gasteiger partial charge in [-0.05, 0) is 49.2 Å². The third-order valence-corrected chi connectivity index (χ3v) is 5.80. The van der Waals surface area contributed by atoms with Crippen LogP contribution in [0, 0.1) is 19.7 Å². The summed E-state index contributed by atoms with van der Waals surface area (Å²) in [7, 11) is 0. The van der Waals surface area contributed by atoms with E-state index in [2.05, 4.69) is 30.7 Å². The Morgan fingerprint density at radius 1 is 1.06 bits per heavy atom. The third-order valence-electron chi connectivity index (χ3n) is 5.47. The van der Waals surface area contributed by atoms with Crippen LogP contribution in [-0.4, -0.2) is 19.5 Å². The second kappa shape index (κ2) is 9.58. The molecule has 0 bridgehead atoms. The monoisotopic (exact) mass is 492 g/mol. The van der Waals surface area contributed by atoms with Gasteiger partial charge in [-0.2, -0.15) is 4.98 Å². The molecule has 0 amide bonds. The summed E-state index contributed by atoms with van der Waals surface area (Å²) in [6.45, 7) is 9.96. The van der Waals surface area contributed by atoms with Gasteiger partial charge < -0.3 is 4.74 Å². The van der Waals surface area contributed by atoms with Crippen molar-refractivity contribution in [1.82, 2.24) is 19.5 Å². The van der Waals surface area contributed by atoms with Crippen molar-refractivity contribution in [2.24, 2.45) is 0 Å². The molecule has 0 atom stereocenters. The molecular formula is C27H26ClFN4O2. The maximum Gasteiger partial charge on any atom is 0.280 e. The molecule has 0 saturated heterocycles. The Morgan fingerprint density at radius 2 is 1.77 bits per heavy atom. The Bertz CT molecular complexity index is 1440. The van der Waals surface area contributed by atoms with Gasteiger partial charge in [-0.1, -0.05) is 56.6 Å². The van der Waals surface area contributed by atoms with Gasteiger partial charge in [-0.15, -0.1) is 0 Å². The van der Waals surface area contributed by atoms with Gasteiger partial charge in [0.15, 0.2) is 5.02 Å². The SMILES string of the molecule is Cc1cnc(C(C)(C)C)nc1-c1cccc(-n2c(C)nc(OCc3ccc(F)cc3)c(Cl)c2=O)c1. The maximum atomic E-state index is 13.2. The van der Waals surface area contributed by atoms with E-state index in [1.54, 1.807) is 19.1 Å². The van der Waals surface area contributed by atoms with Crippen LogP contribution in [0.15, 0.2) is 59.5 Å². The number of nitrogens with zero attached hydrogens (tertiary/aromatic N) is 4. The maximum absolute atomic E-state index is 13.2. The van der Waals surface area contributed by atoms with Crippen LogP contribution in [0.4, 0.5) is 4.39 Å². The largest absolute Gasteiger partial charge is 0.472 e. The molecular weight excluding hydrogens is 467 g/mol. The second-order valence-electron chi connectivity index (χ2n) is 9.36. The fourth-order valence-corrected chi connectivity index (χ4v) is 3.78. The zero-order chi connectivity index (χ0) is 25.3. The van der Waals surface area contributed by atoms with E-state index >= 15 is 0 Å². The number of hydrogen-bond donors (Lipinski definition) is 0. The number of aromatic nitrogens is 4. The smallest absolute Gasteiger partial charge is 0.280 e.